The molecule has 3 aromatic carbocycles. The van der Waals surface area contributed by atoms with Crippen molar-refractivity contribution in [3.8, 4) is 17.1 Å². The quantitative estimate of drug-likeness (QED) is 0.396. The number of thioether (sulfide) groups is 1. The zero-order chi connectivity index (χ0) is 21.6. The molecule has 1 atom stereocenters. The van der Waals surface area contributed by atoms with Gasteiger partial charge in [-0.05, 0) is 29.8 Å². The Morgan fingerprint density at radius 1 is 1.06 bits per heavy atom. The van der Waals surface area contributed by atoms with Gasteiger partial charge in [0, 0.05) is 11.8 Å². The maximum Gasteiger partial charge on any atom is 0.242 e. The number of anilines is 1. The van der Waals surface area contributed by atoms with Crippen LogP contribution < -0.4 is 10.1 Å². The zero-order valence-corrected chi connectivity index (χ0v) is 17.4. The van der Waals surface area contributed by atoms with Crippen molar-refractivity contribution in [2.45, 2.75) is 10.4 Å². The molecule has 0 radical (unpaired) electrons. The van der Waals surface area contributed by atoms with Gasteiger partial charge >= 0.3 is 0 Å². The molecule has 0 saturated heterocycles. The number of ether oxygens (including phenoxy) is 1. The minimum absolute atomic E-state index is 0.235. The van der Waals surface area contributed by atoms with E-state index in [1.54, 1.807) is 49.6 Å². The molecule has 1 unspecified atom stereocenters. The highest BCUT2D eigenvalue weighted by Crippen LogP contribution is 2.35. The van der Waals surface area contributed by atoms with E-state index in [4.69, 9.17) is 4.74 Å². The van der Waals surface area contributed by atoms with E-state index in [0.29, 0.717) is 28.0 Å². The fourth-order valence-corrected chi connectivity index (χ4v) is 3.90. The summed E-state index contributed by atoms with van der Waals surface area (Å²) in [6.45, 7) is 0. The Kier molecular flexibility index (Phi) is 6.28. The number of hydrogen-bond acceptors (Lipinski definition) is 5. The first-order chi connectivity index (χ1) is 15.1. The van der Waals surface area contributed by atoms with Crippen LogP contribution in [-0.4, -0.2) is 28.2 Å². The summed E-state index contributed by atoms with van der Waals surface area (Å²) in [5.41, 5.74) is 1.73. The summed E-state index contributed by atoms with van der Waals surface area (Å²) >= 11 is 1.18. The number of aromatic nitrogens is 3. The topological polar surface area (TPSA) is 79.9 Å². The molecule has 0 saturated carbocycles. The normalized spacial score (nSPS) is 11.7. The van der Waals surface area contributed by atoms with Crippen molar-refractivity contribution in [1.29, 1.82) is 0 Å². The maximum absolute atomic E-state index is 14.1. The molecule has 4 rings (SSSR count). The minimum atomic E-state index is -0.614. The summed E-state index contributed by atoms with van der Waals surface area (Å²) in [5, 5.41) is 9.57. The standard InChI is InChI=1S/C23H19FN4O2S/c1-30-17-11-7-10-16(14-17)25-22(29)20(15-8-3-2-4-9-15)31-23-26-21(27-28-23)18-12-5-6-13-19(18)24/h2-14,20H,1H3,(H,25,29)(H,26,27,28). The van der Waals surface area contributed by atoms with Crippen LogP contribution in [0.5, 0.6) is 5.75 Å². The molecular weight excluding hydrogens is 415 g/mol. The van der Waals surface area contributed by atoms with E-state index in [-0.39, 0.29) is 5.91 Å². The summed E-state index contributed by atoms with van der Waals surface area (Å²) in [5.74, 6) is 0.318. The highest BCUT2D eigenvalue weighted by molar-refractivity contribution is 8.00. The van der Waals surface area contributed by atoms with Gasteiger partial charge in [0.25, 0.3) is 0 Å². The van der Waals surface area contributed by atoms with Crippen molar-refractivity contribution in [3.05, 3.63) is 90.2 Å². The second-order valence-corrected chi connectivity index (χ2v) is 7.65. The third-order valence-corrected chi connectivity index (χ3v) is 5.61. The van der Waals surface area contributed by atoms with Gasteiger partial charge in [0.15, 0.2) is 5.82 Å². The van der Waals surface area contributed by atoms with Crippen molar-refractivity contribution in [1.82, 2.24) is 15.2 Å². The molecule has 0 aliphatic heterocycles. The first-order valence-corrected chi connectivity index (χ1v) is 10.4. The fraction of sp³-hybridized carbons (Fsp3) is 0.0870. The number of H-pyrrole nitrogens is 1. The average Bonchev–Trinajstić information content (AvgIpc) is 3.27. The predicted molar refractivity (Wildman–Crippen MR) is 118 cm³/mol. The Morgan fingerprint density at radius 3 is 2.61 bits per heavy atom. The van der Waals surface area contributed by atoms with E-state index in [9.17, 15) is 9.18 Å². The molecule has 0 aliphatic rings. The van der Waals surface area contributed by atoms with Gasteiger partial charge in [0.05, 0.1) is 12.7 Å². The van der Waals surface area contributed by atoms with Crippen LogP contribution in [0.15, 0.2) is 84.0 Å². The number of amides is 1. The molecule has 156 valence electrons. The monoisotopic (exact) mass is 434 g/mol. The zero-order valence-electron chi connectivity index (χ0n) is 16.6. The predicted octanol–water partition coefficient (Wildman–Crippen LogP) is 5.09. The second-order valence-electron chi connectivity index (χ2n) is 6.58. The van der Waals surface area contributed by atoms with E-state index >= 15 is 0 Å². The molecule has 1 amide bonds. The molecule has 0 bridgehead atoms. The van der Waals surface area contributed by atoms with Gasteiger partial charge in [0.1, 0.15) is 16.8 Å². The fourth-order valence-electron chi connectivity index (χ4n) is 2.99. The molecule has 2 N–H and O–H groups in total. The van der Waals surface area contributed by atoms with Crippen LogP contribution in [0.1, 0.15) is 10.8 Å². The number of nitrogens with one attached hydrogen (secondary N) is 2. The number of methoxy groups -OCH3 is 1. The van der Waals surface area contributed by atoms with Crippen molar-refractivity contribution < 1.29 is 13.9 Å². The van der Waals surface area contributed by atoms with Crippen LogP contribution in [0.2, 0.25) is 0 Å². The van der Waals surface area contributed by atoms with Crippen LogP contribution in [-0.2, 0) is 4.79 Å². The van der Waals surface area contributed by atoms with E-state index in [1.165, 1.54) is 17.8 Å². The van der Waals surface area contributed by atoms with Gasteiger partial charge in [-0.25, -0.2) is 9.37 Å². The first-order valence-electron chi connectivity index (χ1n) is 9.48. The number of carbonyl (C=O) groups excluding carboxylic acids is 1. The molecule has 1 heterocycles. The summed E-state index contributed by atoms with van der Waals surface area (Å²) in [6.07, 6.45) is 0. The summed E-state index contributed by atoms with van der Waals surface area (Å²) in [4.78, 5) is 17.5. The summed E-state index contributed by atoms with van der Waals surface area (Å²) < 4.78 is 19.3. The number of rotatable bonds is 7. The number of benzene rings is 3. The molecule has 0 spiro atoms. The summed E-state index contributed by atoms with van der Waals surface area (Å²) in [6, 6.07) is 22.8. The Hall–Kier alpha value is -3.65. The maximum atomic E-state index is 14.1. The highest BCUT2D eigenvalue weighted by atomic mass is 32.2. The van der Waals surface area contributed by atoms with Crippen molar-refractivity contribution in [3.63, 3.8) is 0 Å². The van der Waals surface area contributed by atoms with Gasteiger partial charge in [-0.15, -0.1) is 5.10 Å². The lowest BCUT2D eigenvalue weighted by molar-refractivity contribution is -0.115. The third-order valence-electron chi connectivity index (χ3n) is 4.49. The molecular formula is C23H19FN4O2S. The minimum Gasteiger partial charge on any atom is -0.497 e. The van der Waals surface area contributed by atoms with E-state index in [1.807, 2.05) is 30.3 Å². The van der Waals surface area contributed by atoms with Crippen LogP contribution >= 0.6 is 11.8 Å². The molecule has 1 aromatic heterocycles. The lowest BCUT2D eigenvalue weighted by Gasteiger charge is -2.16. The number of halogens is 1. The Balaban J connectivity index is 1.59. The molecule has 4 aromatic rings. The third kappa shape index (κ3) is 4.92. The van der Waals surface area contributed by atoms with Gasteiger partial charge in [-0.3, -0.25) is 9.89 Å². The second kappa shape index (κ2) is 9.44. The number of carbonyl (C=O) groups is 1. The lowest BCUT2D eigenvalue weighted by Crippen LogP contribution is -2.19. The van der Waals surface area contributed by atoms with E-state index in [0.717, 1.165) is 5.56 Å². The van der Waals surface area contributed by atoms with Crippen LogP contribution in [0.3, 0.4) is 0 Å². The van der Waals surface area contributed by atoms with E-state index < -0.39 is 11.1 Å². The van der Waals surface area contributed by atoms with Gasteiger partial charge < -0.3 is 10.1 Å². The smallest absolute Gasteiger partial charge is 0.242 e. The number of nitrogens with zero attached hydrogens (tertiary/aromatic N) is 2. The lowest BCUT2D eigenvalue weighted by atomic mass is 10.1. The molecule has 0 aliphatic carbocycles. The number of aromatic amines is 1. The average molecular weight is 434 g/mol. The van der Waals surface area contributed by atoms with Crippen LogP contribution in [0.25, 0.3) is 11.4 Å². The van der Waals surface area contributed by atoms with Crippen molar-refractivity contribution >= 4 is 23.4 Å². The molecule has 8 heteroatoms. The highest BCUT2D eigenvalue weighted by Gasteiger charge is 2.24. The molecule has 0 fully saturated rings. The molecule has 31 heavy (non-hydrogen) atoms. The van der Waals surface area contributed by atoms with Crippen molar-refractivity contribution in [2.24, 2.45) is 0 Å². The largest absolute Gasteiger partial charge is 0.497 e. The Labute approximate surface area is 182 Å². The first kappa shape index (κ1) is 20.6. The Morgan fingerprint density at radius 2 is 1.84 bits per heavy atom. The van der Waals surface area contributed by atoms with Crippen molar-refractivity contribution in [2.75, 3.05) is 12.4 Å². The van der Waals surface area contributed by atoms with E-state index in [2.05, 4.69) is 20.5 Å². The summed E-state index contributed by atoms with van der Waals surface area (Å²) in [7, 11) is 1.57. The SMILES string of the molecule is COc1cccc(NC(=O)C(Sc2n[nH]c(-c3ccccc3F)n2)c2ccccc2)c1. The van der Waals surface area contributed by atoms with Gasteiger partial charge in [-0.1, -0.05) is 60.3 Å². The van der Waals surface area contributed by atoms with Gasteiger partial charge in [0.2, 0.25) is 11.1 Å². The van der Waals surface area contributed by atoms with Crippen LogP contribution in [0, 0.1) is 5.82 Å². The Bertz CT molecular complexity index is 1180. The molecule has 6 nitrogen and oxygen atoms in total. The van der Waals surface area contributed by atoms with Gasteiger partial charge in [-0.2, -0.15) is 0 Å². The number of hydrogen-bond donors (Lipinski definition) is 2. The van der Waals surface area contributed by atoms with Crippen LogP contribution in [0.4, 0.5) is 10.1 Å².